The van der Waals surface area contributed by atoms with Crippen molar-refractivity contribution in [2.24, 2.45) is 34.3 Å². The third-order valence-corrected chi connectivity index (χ3v) is 21.1. The Hall–Kier alpha value is -7.62. The van der Waals surface area contributed by atoms with Crippen molar-refractivity contribution >= 4 is 76.0 Å². The fourth-order valence-electron chi connectivity index (χ4n) is 15.9. The number of carbonyl (C=O) groups excluding carboxylic acids is 8. The zero-order chi connectivity index (χ0) is 68.1. The molecule has 8 N–H and O–H groups in total. The highest BCUT2D eigenvalue weighted by Gasteiger charge is 2.58. The second-order valence-corrected chi connectivity index (χ2v) is 27.9. The molecule has 1 heterocycles. The largest absolute Gasteiger partial charge is 0.379 e. The van der Waals surface area contributed by atoms with Crippen LogP contribution in [0, 0.1) is 28.6 Å². The van der Waals surface area contributed by atoms with Crippen LogP contribution >= 0.6 is 0 Å². The fraction of sp³-hybridized carbons (Fsp3) is 0.547. The van der Waals surface area contributed by atoms with Crippen LogP contribution in [0.5, 0.6) is 0 Å². The van der Waals surface area contributed by atoms with Crippen LogP contribution in [-0.4, -0.2) is 125 Å². The van der Waals surface area contributed by atoms with Crippen LogP contribution in [0.1, 0.15) is 165 Å². The van der Waals surface area contributed by atoms with Crippen molar-refractivity contribution in [3.8, 4) is 0 Å². The highest BCUT2D eigenvalue weighted by Crippen LogP contribution is 2.60. The molecule has 8 atom stereocenters. The van der Waals surface area contributed by atoms with E-state index in [9.17, 15) is 38.4 Å². The molecule has 0 unspecified atom stereocenters. The second kappa shape index (κ2) is 32.0. The van der Waals surface area contributed by atoms with Crippen molar-refractivity contribution < 1.29 is 57.3 Å². The van der Waals surface area contributed by atoms with Crippen molar-refractivity contribution in [2.45, 2.75) is 168 Å². The number of rotatable bonds is 28. The van der Waals surface area contributed by atoms with E-state index >= 15 is 0 Å². The molecule has 4 aliphatic carbocycles. The summed E-state index contributed by atoms with van der Waals surface area (Å²) in [5, 5.41) is 17.4. The number of allylic oxidation sites excluding steroid dienone is 1. The summed E-state index contributed by atoms with van der Waals surface area (Å²) in [7, 11) is 0. The van der Waals surface area contributed by atoms with E-state index in [0.29, 0.717) is 70.3 Å². The van der Waals surface area contributed by atoms with Crippen LogP contribution in [0.15, 0.2) is 84.9 Å². The number of imide groups is 1. The predicted molar refractivity (Wildman–Crippen MR) is 367 cm³/mol. The van der Waals surface area contributed by atoms with Gasteiger partial charge in [-0.3, -0.25) is 43.7 Å². The molecular formula is C75H100N8O12. The van der Waals surface area contributed by atoms with Gasteiger partial charge in [-0.05, 0) is 175 Å². The maximum Gasteiger partial charge on any atom is 0.246 e. The topological polar surface area (TPSA) is 275 Å². The highest BCUT2D eigenvalue weighted by molar-refractivity contribution is 6.02. The van der Waals surface area contributed by atoms with Crippen molar-refractivity contribution in [1.29, 1.82) is 0 Å². The Morgan fingerprint density at radius 1 is 0.579 bits per heavy atom. The minimum atomic E-state index is -0.944. The summed E-state index contributed by atoms with van der Waals surface area (Å²) < 4.78 is 22.4. The number of benzene rings is 4. The van der Waals surface area contributed by atoms with Crippen LogP contribution < -0.4 is 42.5 Å². The Morgan fingerprint density at radius 3 is 1.72 bits per heavy atom. The molecule has 0 bridgehead atoms. The number of para-hydroxylation sites is 1. The lowest BCUT2D eigenvalue weighted by Crippen LogP contribution is -2.60. The first-order valence-corrected chi connectivity index (χ1v) is 34.3. The van der Waals surface area contributed by atoms with Crippen molar-refractivity contribution in [3.63, 3.8) is 0 Å². The number of hydrogen-bond acceptors (Lipinski definition) is 13. The average molecular weight is 1310 g/mol. The first kappa shape index (κ1) is 71.7. The van der Waals surface area contributed by atoms with Crippen molar-refractivity contribution in [2.75, 3.05) is 81.5 Å². The first-order chi connectivity index (χ1) is 45.5. The Morgan fingerprint density at radius 2 is 1.13 bits per heavy atom. The van der Waals surface area contributed by atoms with Gasteiger partial charge in [0.25, 0.3) is 0 Å². The van der Waals surface area contributed by atoms with Gasteiger partial charge in [0.1, 0.15) is 12.1 Å². The molecule has 1 aliphatic heterocycles. The number of carbonyl (C=O) groups is 8. The quantitative estimate of drug-likeness (QED) is 0.0207. The maximum absolute atomic E-state index is 14.9. The number of hydrogen-bond donors (Lipinski definition) is 7. The van der Waals surface area contributed by atoms with E-state index in [2.05, 4.69) is 76.9 Å². The number of amides is 8. The Kier molecular flexibility index (Phi) is 24.1. The lowest BCUT2D eigenvalue weighted by molar-refractivity contribution is -0.150. The lowest BCUT2D eigenvalue weighted by Gasteiger charge is -2.56. The zero-order valence-electron chi connectivity index (χ0n) is 56.9. The molecule has 0 spiro atoms. The smallest absolute Gasteiger partial charge is 0.246 e. The molecule has 0 radical (unpaired) electrons. The number of nitrogens with zero attached hydrogens (tertiary/aromatic N) is 1. The van der Waals surface area contributed by atoms with Gasteiger partial charge in [0.05, 0.1) is 82.5 Å². The van der Waals surface area contributed by atoms with Crippen LogP contribution in [0.3, 0.4) is 0 Å². The summed E-state index contributed by atoms with van der Waals surface area (Å²) in [6, 6.07) is 26.0. The molecule has 9 rings (SSSR count). The Balaban J connectivity index is 0.640. The standard InChI is InChI=1S/C75H100N8O12/c1-48(2)67(81-64(85)29-35-92-37-39-94-41-42-95-40-38-93-36-34-77-63(84)27-28-66(87)83-47-54-16-9-11-17-57(54)49(3)43-53-15-10-12-18-60(53)83)69(89)78-50(4)68(88)80-56-24-20-52-22-26-62-73(6,59(52)45-56)31-14-33-75(62,8)71(91)82-70(90)74(7)32-13-30-72(5)58-44-55(79-65(86)46-76)23-19-51(58)21-25-61(72)74/h9-12,15-20,23-24,43-45,48,50,61-62,67H,13-14,21-22,25-42,46-47,76H2,1-8H3,(H,77,84)(H,78,89)(H,79,86)(H,80,88)(H,81,85)(H,82,90,91)/b49-43-/t50-,61+,62+,67-,72+,73+,74-,75-/m0/s1. The molecule has 20 nitrogen and oxygen atoms in total. The van der Waals surface area contributed by atoms with Crippen molar-refractivity contribution in [1.82, 2.24) is 21.3 Å². The van der Waals surface area contributed by atoms with Crippen LogP contribution in [0.2, 0.25) is 0 Å². The molecular weight excluding hydrogens is 1200 g/mol. The van der Waals surface area contributed by atoms with E-state index < -0.39 is 40.1 Å². The van der Waals surface area contributed by atoms with Gasteiger partial charge in [-0.2, -0.15) is 0 Å². The normalized spacial score (nSPS) is 23.7. The molecule has 8 amide bonds. The Labute approximate surface area is 560 Å². The minimum absolute atomic E-state index is 0.0120. The summed E-state index contributed by atoms with van der Waals surface area (Å²) in [4.78, 5) is 110. The number of aryl methyl sites for hydroxylation is 2. The molecule has 4 aromatic rings. The zero-order valence-corrected chi connectivity index (χ0v) is 56.9. The van der Waals surface area contributed by atoms with Gasteiger partial charge < -0.3 is 56.2 Å². The van der Waals surface area contributed by atoms with Gasteiger partial charge in [0.2, 0.25) is 47.3 Å². The number of ether oxygens (including phenoxy) is 4. The van der Waals surface area contributed by atoms with Crippen LogP contribution in [0.4, 0.5) is 17.1 Å². The van der Waals surface area contributed by atoms with E-state index in [0.717, 1.165) is 96.0 Å². The molecule has 20 heteroatoms. The molecule has 5 aliphatic rings. The first-order valence-electron chi connectivity index (χ1n) is 34.3. The summed E-state index contributed by atoms with van der Waals surface area (Å²) in [5.74, 6) is -2.73. The van der Waals surface area contributed by atoms with Gasteiger partial charge in [0, 0.05) is 37.2 Å². The number of nitrogens with one attached hydrogen (secondary N) is 6. The molecule has 0 aromatic heterocycles. The summed E-state index contributed by atoms with van der Waals surface area (Å²) >= 11 is 0. The molecule has 4 aromatic carbocycles. The summed E-state index contributed by atoms with van der Waals surface area (Å²) in [6.45, 7) is 18.7. The minimum Gasteiger partial charge on any atom is -0.379 e. The lowest BCUT2D eigenvalue weighted by atomic mass is 9.49. The van der Waals surface area contributed by atoms with Gasteiger partial charge in [-0.25, -0.2) is 0 Å². The molecule has 2 fully saturated rings. The summed E-state index contributed by atoms with van der Waals surface area (Å²) in [6.07, 6.45) is 10.0. The number of anilines is 3. The summed E-state index contributed by atoms with van der Waals surface area (Å²) in [5.41, 5.74) is 14.2. The van der Waals surface area contributed by atoms with Crippen LogP contribution in [-0.2, 0) is 87.5 Å². The third-order valence-electron chi connectivity index (χ3n) is 21.1. The molecule has 512 valence electrons. The van der Waals surface area contributed by atoms with Crippen molar-refractivity contribution in [3.05, 3.63) is 124 Å². The van der Waals surface area contributed by atoms with Gasteiger partial charge in [-0.15, -0.1) is 0 Å². The van der Waals surface area contributed by atoms with E-state index in [4.69, 9.17) is 24.7 Å². The second-order valence-electron chi connectivity index (χ2n) is 27.9. The number of fused-ring (bicyclic) bond motifs is 8. The van der Waals surface area contributed by atoms with Crippen LogP contribution in [0.25, 0.3) is 11.6 Å². The van der Waals surface area contributed by atoms with Gasteiger partial charge in [0.15, 0.2) is 0 Å². The monoisotopic (exact) mass is 1300 g/mol. The predicted octanol–water partition coefficient (Wildman–Crippen LogP) is 8.99. The van der Waals surface area contributed by atoms with E-state index in [1.807, 2.05) is 94.4 Å². The number of nitrogens with two attached hydrogens (primary N) is 1. The maximum atomic E-state index is 14.9. The average Bonchev–Trinajstić information content (AvgIpc) is 0.728. The Bertz CT molecular complexity index is 3500. The van der Waals surface area contributed by atoms with Gasteiger partial charge in [-0.1, -0.05) is 109 Å². The molecule has 2 saturated carbocycles. The van der Waals surface area contributed by atoms with E-state index in [1.165, 1.54) is 5.56 Å². The molecule has 95 heavy (non-hydrogen) atoms. The highest BCUT2D eigenvalue weighted by atomic mass is 16.6. The molecule has 0 saturated heterocycles. The fourth-order valence-corrected chi connectivity index (χ4v) is 15.9. The van der Waals surface area contributed by atoms with Gasteiger partial charge >= 0.3 is 0 Å². The third kappa shape index (κ3) is 16.8. The SMILES string of the molecule is C/C1=C/c2ccccc2N(C(=O)CCC(=O)NCCOCCOCCOCCOCCC(=O)N[C@H](C(=O)N[C@@H](C)C(=O)Nc2ccc3c(c2)[C@@]2(C)CCC[C@](C)(C(=O)NC(=O)[C@@]4(C)CCC[C@]5(C)c6cc(NC(=O)CN)ccc6CC[C@@H]45)[C@@H]2CC3)C(C)C)Cc2ccccc21. The van der Waals surface area contributed by atoms with E-state index in [1.54, 1.807) is 11.8 Å². The van der Waals surface area contributed by atoms with E-state index in [-0.39, 0.29) is 104 Å².